The highest BCUT2D eigenvalue weighted by molar-refractivity contribution is 5.52. The van der Waals surface area contributed by atoms with Gasteiger partial charge in [0.15, 0.2) is 5.65 Å². The molecule has 1 fully saturated rings. The van der Waals surface area contributed by atoms with Crippen molar-refractivity contribution in [2.75, 3.05) is 18.0 Å². The van der Waals surface area contributed by atoms with Gasteiger partial charge in [0.05, 0.1) is 6.20 Å². The van der Waals surface area contributed by atoms with Crippen LogP contribution in [0.5, 0.6) is 0 Å². The monoisotopic (exact) mass is 288 g/mol. The summed E-state index contributed by atoms with van der Waals surface area (Å²) in [7, 11) is 0. The molecule has 116 valence electrons. The van der Waals surface area contributed by atoms with Gasteiger partial charge in [-0.25, -0.2) is 9.50 Å². The van der Waals surface area contributed by atoms with Gasteiger partial charge in [-0.15, -0.1) is 6.58 Å². The van der Waals surface area contributed by atoms with E-state index in [1.54, 1.807) is 6.08 Å². The number of hydrogen-bond donors (Lipinski definition) is 0. The summed E-state index contributed by atoms with van der Waals surface area (Å²) in [5.74, 6) is 1.09. The van der Waals surface area contributed by atoms with Crippen molar-refractivity contribution in [3.8, 4) is 0 Å². The van der Waals surface area contributed by atoms with E-state index in [0.717, 1.165) is 30.1 Å². The van der Waals surface area contributed by atoms with E-state index in [2.05, 4.69) is 34.6 Å². The zero-order chi connectivity index (χ0) is 15.7. The Morgan fingerprint density at radius 2 is 1.81 bits per heavy atom. The minimum absolute atomic E-state index is 0.975. The molecule has 0 aliphatic carbocycles. The predicted molar refractivity (Wildman–Crippen MR) is 91.0 cm³/mol. The Morgan fingerprint density at radius 1 is 1.19 bits per heavy atom. The zero-order valence-corrected chi connectivity index (χ0v) is 13.8. The van der Waals surface area contributed by atoms with E-state index in [-0.39, 0.29) is 0 Å². The summed E-state index contributed by atoms with van der Waals surface area (Å²) < 4.78 is 1.84. The molecule has 3 heterocycles. The Hall–Kier alpha value is -1.84. The van der Waals surface area contributed by atoms with Crippen molar-refractivity contribution < 1.29 is 0 Å². The molecule has 0 radical (unpaired) electrons. The lowest BCUT2D eigenvalue weighted by Crippen LogP contribution is -2.30. The van der Waals surface area contributed by atoms with Crippen LogP contribution in [0.25, 0.3) is 5.65 Å². The minimum atomic E-state index is 0.975. The summed E-state index contributed by atoms with van der Waals surface area (Å²) in [5, 5.41) is 4.24. The van der Waals surface area contributed by atoms with Gasteiger partial charge >= 0.3 is 0 Å². The quantitative estimate of drug-likeness (QED) is 0.736. The zero-order valence-electron chi connectivity index (χ0n) is 13.8. The Labute approximate surface area is 128 Å². The first-order valence-corrected chi connectivity index (χ1v) is 7.89. The SMILES string of the molecule is C=CC.CC.Cc1cnn2ccc(N3CCCCC3)nc12. The second kappa shape index (κ2) is 9.16. The van der Waals surface area contributed by atoms with Gasteiger partial charge in [0.1, 0.15) is 5.82 Å². The summed E-state index contributed by atoms with van der Waals surface area (Å²) in [6, 6.07) is 2.06. The molecule has 0 bridgehead atoms. The molecular weight excluding hydrogens is 260 g/mol. The van der Waals surface area contributed by atoms with Crippen LogP contribution < -0.4 is 4.90 Å². The number of aryl methyl sites for hydroxylation is 1. The summed E-state index contributed by atoms with van der Waals surface area (Å²) >= 11 is 0. The lowest BCUT2D eigenvalue weighted by Gasteiger charge is -2.27. The van der Waals surface area contributed by atoms with Crippen molar-refractivity contribution in [2.24, 2.45) is 0 Å². The van der Waals surface area contributed by atoms with Crippen LogP contribution in [0.4, 0.5) is 5.82 Å². The highest BCUT2D eigenvalue weighted by atomic mass is 15.3. The van der Waals surface area contributed by atoms with Crippen molar-refractivity contribution in [3.05, 3.63) is 36.7 Å². The standard InChI is InChI=1S/C12H16N4.C3H6.C2H6/c1-10-9-13-16-8-5-11(14-12(10)16)15-6-3-2-4-7-15;1-3-2;1-2/h5,8-9H,2-4,6-7H2,1H3;3H,1H2,2H3;1-2H3. The molecule has 0 atom stereocenters. The van der Waals surface area contributed by atoms with Crippen LogP contribution in [0.1, 0.15) is 45.6 Å². The number of nitrogens with zero attached hydrogens (tertiary/aromatic N) is 4. The highest BCUT2D eigenvalue weighted by Gasteiger charge is 2.13. The van der Waals surface area contributed by atoms with Crippen LogP contribution in [0.3, 0.4) is 0 Å². The maximum absolute atomic E-state index is 4.68. The van der Waals surface area contributed by atoms with Crippen LogP contribution in [-0.4, -0.2) is 27.7 Å². The minimum Gasteiger partial charge on any atom is -0.357 e. The van der Waals surface area contributed by atoms with Crippen LogP contribution in [0.2, 0.25) is 0 Å². The van der Waals surface area contributed by atoms with Gasteiger partial charge in [-0.2, -0.15) is 5.10 Å². The molecule has 1 aliphatic heterocycles. The summed E-state index contributed by atoms with van der Waals surface area (Å²) in [4.78, 5) is 7.06. The van der Waals surface area contributed by atoms with Crippen molar-refractivity contribution in [1.29, 1.82) is 0 Å². The lowest BCUT2D eigenvalue weighted by molar-refractivity contribution is 0.573. The van der Waals surface area contributed by atoms with E-state index in [1.807, 2.05) is 37.7 Å². The molecule has 0 N–H and O–H groups in total. The van der Waals surface area contributed by atoms with Gasteiger partial charge in [-0.05, 0) is 39.2 Å². The largest absolute Gasteiger partial charge is 0.357 e. The summed E-state index contributed by atoms with van der Waals surface area (Å²) in [6.07, 6.45) is 9.53. The molecule has 0 unspecified atom stereocenters. The molecule has 0 aromatic carbocycles. The van der Waals surface area contributed by atoms with Gasteiger partial charge in [-0.3, -0.25) is 0 Å². The maximum atomic E-state index is 4.68. The molecule has 2 aromatic rings. The van der Waals surface area contributed by atoms with Gasteiger partial charge in [-0.1, -0.05) is 19.9 Å². The fourth-order valence-electron chi connectivity index (χ4n) is 2.27. The van der Waals surface area contributed by atoms with Gasteiger partial charge in [0.25, 0.3) is 0 Å². The predicted octanol–water partition coefficient (Wildman–Crippen LogP) is 4.25. The van der Waals surface area contributed by atoms with E-state index in [9.17, 15) is 0 Å². The van der Waals surface area contributed by atoms with Gasteiger partial charge in [0, 0.05) is 24.8 Å². The average Bonchev–Trinajstić information content (AvgIpc) is 2.92. The van der Waals surface area contributed by atoms with Crippen LogP contribution >= 0.6 is 0 Å². The maximum Gasteiger partial charge on any atom is 0.160 e. The van der Waals surface area contributed by atoms with Crippen LogP contribution in [-0.2, 0) is 0 Å². The first-order chi connectivity index (χ1) is 10.3. The molecule has 2 aromatic heterocycles. The smallest absolute Gasteiger partial charge is 0.160 e. The molecule has 1 aliphatic rings. The Kier molecular flexibility index (Phi) is 7.51. The second-order valence-corrected chi connectivity index (χ2v) is 4.84. The van der Waals surface area contributed by atoms with Gasteiger partial charge < -0.3 is 4.90 Å². The third-order valence-corrected chi connectivity index (χ3v) is 3.21. The molecule has 3 rings (SSSR count). The fraction of sp³-hybridized carbons (Fsp3) is 0.529. The number of piperidine rings is 1. The van der Waals surface area contributed by atoms with Crippen molar-refractivity contribution in [1.82, 2.24) is 14.6 Å². The van der Waals surface area contributed by atoms with E-state index < -0.39 is 0 Å². The molecule has 4 heteroatoms. The third kappa shape index (κ3) is 4.59. The average molecular weight is 288 g/mol. The first kappa shape index (κ1) is 17.2. The van der Waals surface area contributed by atoms with Crippen molar-refractivity contribution >= 4 is 11.5 Å². The van der Waals surface area contributed by atoms with E-state index in [4.69, 9.17) is 0 Å². The molecular formula is C17H28N4. The Bertz CT molecular complexity index is 539. The van der Waals surface area contributed by atoms with Gasteiger partial charge in [0.2, 0.25) is 0 Å². The first-order valence-electron chi connectivity index (χ1n) is 7.89. The summed E-state index contributed by atoms with van der Waals surface area (Å²) in [5.41, 5.74) is 2.11. The number of allylic oxidation sites excluding steroid dienone is 1. The van der Waals surface area contributed by atoms with Crippen LogP contribution in [0, 0.1) is 6.92 Å². The lowest BCUT2D eigenvalue weighted by atomic mass is 10.1. The number of hydrogen-bond acceptors (Lipinski definition) is 3. The summed E-state index contributed by atoms with van der Waals surface area (Å²) in [6.45, 7) is 13.6. The van der Waals surface area contributed by atoms with E-state index >= 15 is 0 Å². The Balaban J connectivity index is 0.000000395. The molecule has 21 heavy (non-hydrogen) atoms. The third-order valence-electron chi connectivity index (χ3n) is 3.21. The number of anilines is 1. The fourth-order valence-corrected chi connectivity index (χ4v) is 2.27. The van der Waals surface area contributed by atoms with Crippen molar-refractivity contribution in [3.63, 3.8) is 0 Å². The van der Waals surface area contributed by atoms with E-state index in [1.165, 1.54) is 19.3 Å². The molecule has 1 saturated heterocycles. The van der Waals surface area contributed by atoms with E-state index in [0.29, 0.717) is 0 Å². The molecule has 0 amide bonds. The number of rotatable bonds is 1. The number of fused-ring (bicyclic) bond motifs is 1. The normalized spacial score (nSPS) is 13.8. The highest BCUT2D eigenvalue weighted by Crippen LogP contribution is 2.18. The topological polar surface area (TPSA) is 33.4 Å². The molecule has 0 spiro atoms. The van der Waals surface area contributed by atoms with Crippen LogP contribution in [0.15, 0.2) is 31.1 Å². The molecule has 0 saturated carbocycles. The Morgan fingerprint density at radius 3 is 2.43 bits per heavy atom. The second-order valence-electron chi connectivity index (χ2n) is 4.84. The van der Waals surface area contributed by atoms with Crippen molar-refractivity contribution in [2.45, 2.75) is 47.0 Å². The molecule has 4 nitrogen and oxygen atoms in total. The number of aromatic nitrogens is 3.